The van der Waals surface area contributed by atoms with Crippen molar-refractivity contribution in [2.24, 2.45) is 0 Å². The molecule has 2 aromatic carbocycles. The van der Waals surface area contributed by atoms with Gasteiger partial charge in [-0.05, 0) is 30.0 Å². The Morgan fingerprint density at radius 3 is 2.33 bits per heavy atom. The number of hydrogen-bond donors (Lipinski definition) is 2. The summed E-state index contributed by atoms with van der Waals surface area (Å²) in [4.78, 5) is 0. The molecule has 0 amide bonds. The lowest BCUT2D eigenvalue weighted by Crippen LogP contribution is -2.45. The molecule has 3 atom stereocenters. The van der Waals surface area contributed by atoms with Crippen LogP contribution in [-0.4, -0.2) is 12.1 Å². The predicted octanol–water partition coefficient (Wildman–Crippen LogP) is 4.10. The Balaban J connectivity index is 1.78. The second kappa shape index (κ2) is 5.53. The Bertz CT molecular complexity index is 608. The number of nitrogens with one attached hydrogen (secondary N) is 2. The second-order valence-electron chi connectivity index (χ2n) is 6.24. The summed E-state index contributed by atoms with van der Waals surface area (Å²) in [5.41, 5.74) is 4.03. The molecule has 0 spiro atoms. The van der Waals surface area contributed by atoms with Crippen molar-refractivity contribution in [1.29, 1.82) is 0 Å². The van der Waals surface area contributed by atoms with Crippen LogP contribution < -0.4 is 10.6 Å². The van der Waals surface area contributed by atoms with E-state index in [1.165, 1.54) is 42.5 Å². The molecule has 1 aliphatic carbocycles. The first kappa shape index (κ1) is 12.9. The van der Waals surface area contributed by atoms with E-state index in [0.717, 1.165) is 0 Å². The minimum atomic E-state index is 0.294. The van der Waals surface area contributed by atoms with E-state index in [9.17, 15) is 0 Å². The fourth-order valence-corrected chi connectivity index (χ4v) is 3.81. The minimum Gasteiger partial charge on any atom is -0.380 e. The van der Waals surface area contributed by atoms with E-state index in [-0.39, 0.29) is 0 Å². The maximum Gasteiger partial charge on any atom is 0.0600 e. The predicted molar refractivity (Wildman–Crippen MR) is 87.5 cm³/mol. The Morgan fingerprint density at radius 1 is 0.762 bits per heavy atom. The van der Waals surface area contributed by atoms with Crippen LogP contribution in [0, 0.1) is 0 Å². The van der Waals surface area contributed by atoms with Crippen LogP contribution in [0.4, 0.5) is 5.69 Å². The number of fused-ring (bicyclic) bond motifs is 2. The lowest BCUT2D eigenvalue weighted by atomic mass is 9.89. The zero-order valence-electron chi connectivity index (χ0n) is 12.3. The Kier molecular flexibility index (Phi) is 3.40. The van der Waals surface area contributed by atoms with E-state index < -0.39 is 0 Å². The van der Waals surface area contributed by atoms with Gasteiger partial charge in [0.1, 0.15) is 0 Å². The molecule has 1 fully saturated rings. The average Bonchev–Trinajstić information content (AvgIpc) is 2.72. The number of anilines is 1. The lowest BCUT2D eigenvalue weighted by molar-refractivity contribution is 0.334. The molecule has 2 N–H and O–H groups in total. The summed E-state index contributed by atoms with van der Waals surface area (Å²) in [6.45, 7) is 0. The summed E-state index contributed by atoms with van der Waals surface area (Å²) in [5, 5.41) is 7.73. The highest BCUT2D eigenvalue weighted by Gasteiger charge is 2.32. The van der Waals surface area contributed by atoms with Crippen molar-refractivity contribution in [1.82, 2.24) is 5.32 Å². The molecular formula is C19H22N2. The van der Waals surface area contributed by atoms with Gasteiger partial charge in [-0.1, -0.05) is 61.4 Å². The maximum absolute atomic E-state index is 3.93. The molecule has 1 heterocycles. The van der Waals surface area contributed by atoms with Crippen molar-refractivity contribution >= 4 is 5.69 Å². The number of rotatable bonds is 1. The van der Waals surface area contributed by atoms with Gasteiger partial charge < -0.3 is 10.6 Å². The van der Waals surface area contributed by atoms with E-state index >= 15 is 0 Å². The molecular weight excluding hydrogens is 256 g/mol. The largest absolute Gasteiger partial charge is 0.380 e. The van der Waals surface area contributed by atoms with Gasteiger partial charge in [0.05, 0.1) is 6.04 Å². The number of para-hydroxylation sites is 1. The Labute approximate surface area is 126 Å². The van der Waals surface area contributed by atoms with E-state index in [1.807, 2.05) is 0 Å². The summed E-state index contributed by atoms with van der Waals surface area (Å²) < 4.78 is 0. The van der Waals surface area contributed by atoms with Gasteiger partial charge in [-0.3, -0.25) is 0 Å². The van der Waals surface area contributed by atoms with Crippen molar-refractivity contribution in [2.45, 2.75) is 43.8 Å². The monoisotopic (exact) mass is 278 g/mol. The van der Waals surface area contributed by atoms with E-state index in [2.05, 4.69) is 65.2 Å². The summed E-state index contributed by atoms with van der Waals surface area (Å²) in [6.07, 6.45) is 5.23. The molecule has 4 rings (SSSR count). The minimum absolute atomic E-state index is 0.294. The average molecular weight is 278 g/mol. The van der Waals surface area contributed by atoms with Crippen molar-refractivity contribution < 1.29 is 0 Å². The highest BCUT2D eigenvalue weighted by molar-refractivity contribution is 5.57. The van der Waals surface area contributed by atoms with E-state index in [0.29, 0.717) is 18.1 Å². The number of hydrogen-bond acceptors (Lipinski definition) is 2. The molecule has 0 unspecified atom stereocenters. The molecule has 21 heavy (non-hydrogen) atoms. The number of benzene rings is 2. The van der Waals surface area contributed by atoms with Crippen LogP contribution in [0.2, 0.25) is 0 Å². The van der Waals surface area contributed by atoms with Crippen LogP contribution in [0.5, 0.6) is 0 Å². The summed E-state index contributed by atoms with van der Waals surface area (Å²) in [6, 6.07) is 21.0. The third kappa shape index (κ3) is 2.44. The normalized spacial score (nSPS) is 27.9. The van der Waals surface area contributed by atoms with Crippen LogP contribution in [0.1, 0.15) is 42.9 Å². The maximum atomic E-state index is 3.93. The molecule has 2 heteroatoms. The van der Waals surface area contributed by atoms with Crippen LogP contribution in [0.15, 0.2) is 54.6 Å². The van der Waals surface area contributed by atoms with Gasteiger partial charge in [0.15, 0.2) is 0 Å². The standard InChI is InChI=1S/C19H22N2/c1-2-8-14(9-3-1)19-15-10-4-5-11-16(15)20-17-12-6-7-13-18(17)21-19/h1-5,8-11,17-21H,6-7,12-13H2/t17-,18+,19+/m1/s1. The van der Waals surface area contributed by atoms with Gasteiger partial charge in [0.25, 0.3) is 0 Å². The second-order valence-corrected chi connectivity index (χ2v) is 6.24. The van der Waals surface area contributed by atoms with Crippen LogP contribution in [0.25, 0.3) is 0 Å². The first-order chi connectivity index (χ1) is 10.4. The van der Waals surface area contributed by atoms with Gasteiger partial charge in [-0.25, -0.2) is 0 Å². The first-order valence-corrected chi connectivity index (χ1v) is 8.08. The van der Waals surface area contributed by atoms with Crippen LogP contribution >= 0.6 is 0 Å². The molecule has 1 aliphatic heterocycles. The van der Waals surface area contributed by atoms with Gasteiger partial charge in [0, 0.05) is 17.8 Å². The molecule has 0 radical (unpaired) electrons. The highest BCUT2D eigenvalue weighted by Crippen LogP contribution is 2.35. The molecule has 0 bridgehead atoms. The molecule has 108 valence electrons. The molecule has 0 aromatic heterocycles. The SMILES string of the molecule is c1ccc([C@@H]2N[C@H]3CCCC[C@H]3Nc3ccccc32)cc1. The van der Waals surface area contributed by atoms with Gasteiger partial charge >= 0.3 is 0 Å². The summed E-state index contributed by atoms with van der Waals surface area (Å²) >= 11 is 0. The van der Waals surface area contributed by atoms with E-state index in [4.69, 9.17) is 0 Å². The quantitative estimate of drug-likeness (QED) is 0.820. The van der Waals surface area contributed by atoms with Gasteiger partial charge in [0.2, 0.25) is 0 Å². The fraction of sp³-hybridized carbons (Fsp3) is 0.368. The molecule has 2 aromatic rings. The smallest absolute Gasteiger partial charge is 0.0600 e. The van der Waals surface area contributed by atoms with Crippen molar-refractivity contribution in [2.75, 3.05) is 5.32 Å². The van der Waals surface area contributed by atoms with Crippen molar-refractivity contribution in [3.63, 3.8) is 0 Å². The zero-order valence-corrected chi connectivity index (χ0v) is 12.3. The third-order valence-corrected chi connectivity index (χ3v) is 4.89. The molecule has 2 aliphatic rings. The first-order valence-electron chi connectivity index (χ1n) is 8.08. The summed E-state index contributed by atoms with van der Waals surface area (Å²) in [7, 11) is 0. The zero-order chi connectivity index (χ0) is 14.1. The van der Waals surface area contributed by atoms with Crippen molar-refractivity contribution in [3.05, 3.63) is 65.7 Å². The molecule has 0 saturated heterocycles. The third-order valence-electron chi connectivity index (χ3n) is 4.89. The molecule has 1 saturated carbocycles. The lowest BCUT2D eigenvalue weighted by Gasteiger charge is -2.32. The highest BCUT2D eigenvalue weighted by atomic mass is 15.1. The van der Waals surface area contributed by atoms with Crippen molar-refractivity contribution in [3.8, 4) is 0 Å². The summed E-state index contributed by atoms with van der Waals surface area (Å²) in [5.74, 6) is 0. The Hall–Kier alpha value is -1.80. The van der Waals surface area contributed by atoms with Gasteiger partial charge in [-0.15, -0.1) is 0 Å². The van der Waals surface area contributed by atoms with Crippen LogP contribution in [-0.2, 0) is 0 Å². The molecule has 2 nitrogen and oxygen atoms in total. The van der Waals surface area contributed by atoms with E-state index in [1.54, 1.807) is 0 Å². The Morgan fingerprint density at radius 2 is 1.48 bits per heavy atom. The van der Waals surface area contributed by atoms with Gasteiger partial charge in [-0.2, -0.15) is 0 Å². The topological polar surface area (TPSA) is 24.1 Å². The fourth-order valence-electron chi connectivity index (χ4n) is 3.81. The van der Waals surface area contributed by atoms with Crippen LogP contribution in [0.3, 0.4) is 0 Å².